The van der Waals surface area contributed by atoms with E-state index >= 15 is 0 Å². The number of hydrogen-bond donors (Lipinski definition) is 3. The zero-order chi connectivity index (χ0) is 14.6. The van der Waals surface area contributed by atoms with Crippen LogP contribution in [0, 0.1) is 11.3 Å². The third-order valence-electron chi connectivity index (χ3n) is 2.15. The standard InChI is InChI=1S/C10H9ClN2O5S/c11-8-3-7(2-1-6(8)4-12)19(17,18)13-9(5-14)10(15)16/h1-3,9,13-14H,5H2,(H,15,16)/t9-/m0/s1. The fraction of sp³-hybridized carbons (Fsp3) is 0.200. The van der Waals surface area contributed by atoms with Gasteiger partial charge in [-0.3, -0.25) is 4.79 Å². The maximum Gasteiger partial charge on any atom is 0.324 e. The molecule has 0 saturated heterocycles. The summed E-state index contributed by atoms with van der Waals surface area (Å²) in [5, 5.41) is 26.0. The molecular formula is C10H9ClN2O5S. The number of aliphatic carboxylic acids is 1. The van der Waals surface area contributed by atoms with Crippen molar-refractivity contribution in [3.8, 4) is 6.07 Å². The Balaban J connectivity index is 3.11. The summed E-state index contributed by atoms with van der Waals surface area (Å²) in [6.45, 7) is -0.890. The van der Waals surface area contributed by atoms with Gasteiger partial charge in [0.1, 0.15) is 12.1 Å². The molecule has 0 aliphatic carbocycles. The highest BCUT2D eigenvalue weighted by atomic mass is 35.5. The van der Waals surface area contributed by atoms with Gasteiger partial charge < -0.3 is 10.2 Å². The number of rotatable bonds is 5. The number of carboxylic acids is 1. The molecule has 19 heavy (non-hydrogen) atoms. The van der Waals surface area contributed by atoms with E-state index < -0.39 is 28.6 Å². The molecule has 0 aliphatic heterocycles. The first kappa shape index (κ1) is 15.4. The van der Waals surface area contributed by atoms with E-state index in [2.05, 4.69) is 0 Å². The summed E-state index contributed by atoms with van der Waals surface area (Å²) in [6.07, 6.45) is 0. The number of nitriles is 1. The molecule has 1 aromatic rings. The number of nitrogens with one attached hydrogen (secondary N) is 1. The second kappa shape index (κ2) is 5.99. The quantitative estimate of drug-likeness (QED) is 0.699. The average Bonchev–Trinajstić information content (AvgIpc) is 2.35. The normalized spacial score (nSPS) is 12.7. The van der Waals surface area contributed by atoms with Crippen LogP contribution in [-0.4, -0.2) is 37.2 Å². The summed E-state index contributed by atoms with van der Waals surface area (Å²) in [6, 6.07) is 3.45. The first-order chi connectivity index (χ1) is 8.81. The smallest absolute Gasteiger partial charge is 0.324 e. The Bertz CT molecular complexity index is 638. The lowest BCUT2D eigenvalue weighted by molar-refractivity contribution is -0.139. The molecule has 0 aliphatic rings. The van der Waals surface area contributed by atoms with Crippen molar-refractivity contribution in [2.24, 2.45) is 0 Å². The zero-order valence-electron chi connectivity index (χ0n) is 9.37. The van der Waals surface area contributed by atoms with Gasteiger partial charge in [0.15, 0.2) is 0 Å². The highest BCUT2D eigenvalue weighted by molar-refractivity contribution is 7.89. The molecule has 0 radical (unpaired) electrons. The van der Waals surface area contributed by atoms with Crippen LogP contribution >= 0.6 is 11.6 Å². The van der Waals surface area contributed by atoms with Crippen LogP contribution in [0.1, 0.15) is 5.56 Å². The molecule has 0 unspecified atom stereocenters. The predicted molar refractivity (Wildman–Crippen MR) is 65.0 cm³/mol. The monoisotopic (exact) mass is 304 g/mol. The summed E-state index contributed by atoms with van der Waals surface area (Å²) in [7, 11) is -4.15. The number of aliphatic hydroxyl groups excluding tert-OH is 1. The Hall–Kier alpha value is -1.66. The summed E-state index contributed by atoms with van der Waals surface area (Å²) in [5.74, 6) is -1.51. The van der Waals surface area contributed by atoms with Gasteiger partial charge in [-0.05, 0) is 18.2 Å². The van der Waals surface area contributed by atoms with Crippen LogP contribution in [0.5, 0.6) is 0 Å². The van der Waals surface area contributed by atoms with E-state index in [4.69, 9.17) is 27.1 Å². The van der Waals surface area contributed by atoms with Crippen LogP contribution in [0.25, 0.3) is 0 Å². The van der Waals surface area contributed by atoms with Crippen LogP contribution in [0.15, 0.2) is 23.1 Å². The second-order valence-electron chi connectivity index (χ2n) is 3.45. The van der Waals surface area contributed by atoms with Crippen molar-refractivity contribution in [2.75, 3.05) is 6.61 Å². The van der Waals surface area contributed by atoms with E-state index in [0.717, 1.165) is 12.1 Å². The van der Waals surface area contributed by atoms with Crippen LogP contribution in [0.2, 0.25) is 5.02 Å². The molecule has 0 amide bonds. The van der Waals surface area contributed by atoms with Crippen LogP contribution < -0.4 is 4.72 Å². The molecule has 0 fully saturated rings. The zero-order valence-corrected chi connectivity index (χ0v) is 10.9. The van der Waals surface area contributed by atoms with Crippen molar-refractivity contribution in [3.05, 3.63) is 28.8 Å². The van der Waals surface area contributed by atoms with Gasteiger partial charge in [0.2, 0.25) is 10.0 Å². The van der Waals surface area contributed by atoms with E-state index in [-0.39, 0.29) is 15.5 Å². The van der Waals surface area contributed by atoms with Crippen molar-refractivity contribution >= 4 is 27.6 Å². The lowest BCUT2D eigenvalue weighted by Crippen LogP contribution is -2.43. The molecule has 1 atom stereocenters. The van der Waals surface area contributed by atoms with Crippen molar-refractivity contribution in [1.82, 2.24) is 4.72 Å². The summed E-state index contributed by atoms with van der Waals surface area (Å²) in [5.41, 5.74) is 0.0950. The van der Waals surface area contributed by atoms with Crippen LogP contribution in [0.4, 0.5) is 0 Å². The third-order valence-corrected chi connectivity index (χ3v) is 3.93. The maximum absolute atomic E-state index is 11.8. The molecule has 7 nitrogen and oxygen atoms in total. The Morgan fingerprint density at radius 3 is 2.58 bits per heavy atom. The fourth-order valence-electron chi connectivity index (χ4n) is 1.17. The van der Waals surface area contributed by atoms with Gasteiger partial charge in [-0.2, -0.15) is 9.98 Å². The Labute approximate surface area is 114 Å². The minimum atomic E-state index is -4.15. The number of aliphatic hydroxyl groups is 1. The molecule has 0 saturated carbocycles. The van der Waals surface area contributed by atoms with E-state index in [9.17, 15) is 13.2 Å². The summed E-state index contributed by atoms with van der Waals surface area (Å²) < 4.78 is 25.5. The van der Waals surface area contributed by atoms with Gasteiger partial charge in [0, 0.05) is 0 Å². The van der Waals surface area contributed by atoms with Gasteiger partial charge in [-0.1, -0.05) is 11.6 Å². The van der Waals surface area contributed by atoms with Gasteiger partial charge >= 0.3 is 5.97 Å². The SMILES string of the molecule is N#Cc1ccc(S(=O)(=O)N[C@@H](CO)C(=O)O)cc1Cl. The van der Waals surface area contributed by atoms with Crippen LogP contribution in [-0.2, 0) is 14.8 Å². The summed E-state index contributed by atoms with van der Waals surface area (Å²) in [4.78, 5) is 10.4. The maximum atomic E-state index is 11.8. The molecule has 9 heteroatoms. The van der Waals surface area contributed by atoms with Gasteiger partial charge in [-0.15, -0.1) is 0 Å². The first-order valence-corrected chi connectivity index (χ1v) is 6.73. The first-order valence-electron chi connectivity index (χ1n) is 4.87. The van der Waals surface area contributed by atoms with Crippen molar-refractivity contribution < 1.29 is 23.4 Å². The molecule has 1 aromatic carbocycles. The second-order valence-corrected chi connectivity index (χ2v) is 5.57. The number of sulfonamides is 1. The molecular weight excluding hydrogens is 296 g/mol. The highest BCUT2D eigenvalue weighted by Gasteiger charge is 2.25. The molecule has 3 N–H and O–H groups in total. The predicted octanol–water partition coefficient (Wildman–Crippen LogP) is -0.0645. The number of carbonyl (C=O) groups is 1. The minimum absolute atomic E-state index is 0.0683. The largest absolute Gasteiger partial charge is 0.480 e. The molecule has 0 spiro atoms. The van der Waals surface area contributed by atoms with E-state index in [1.165, 1.54) is 6.07 Å². The van der Waals surface area contributed by atoms with Gasteiger partial charge in [0.05, 0.1) is 22.1 Å². The number of benzene rings is 1. The molecule has 1 rings (SSSR count). The average molecular weight is 305 g/mol. The summed E-state index contributed by atoms with van der Waals surface area (Å²) >= 11 is 5.69. The van der Waals surface area contributed by atoms with Crippen molar-refractivity contribution in [3.63, 3.8) is 0 Å². The minimum Gasteiger partial charge on any atom is -0.480 e. The topological polar surface area (TPSA) is 127 Å². The molecule has 0 bridgehead atoms. The van der Waals surface area contributed by atoms with E-state index in [1.54, 1.807) is 10.8 Å². The number of hydrogen-bond acceptors (Lipinski definition) is 5. The number of nitrogens with zero attached hydrogens (tertiary/aromatic N) is 1. The molecule has 0 heterocycles. The number of carboxylic acid groups (broad SMARTS) is 1. The van der Waals surface area contributed by atoms with Crippen LogP contribution in [0.3, 0.4) is 0 Å². The van der Waals surface area contributed by atoms with Gasteiger partial charge in [0.25, 0.3) is 0 Å². The number of halogens is 1. The fourth-order valence-corrected chi connectivity index (χ4v) is 2.67. The molecule has 0 aromatic heterocycles. The van der Waals surface area contributed by atoms with Gasteiger partial charge in [-0.25, -0.2) is 8.42 Å². The van der Waals surface area contributed by atoms with E-state index in [0.29, 0.717) is 0 Å². The highest BCUT2D eigenvalue weighted by Crippen LogP contribution is 2.20. The molecule has 102 valence electrons. The van der Waals surface area contributed by atoms with Crippen molar-refractivity contribution in [1.29, 1.82) is 5.26 Å². The lowest BCUT2D eigenvalue weighted by Gasteiger charge is -2.12. The lowest BCUT2D eigenvalue weighted by atomic mass is 10.2. The Morgan fingerprint density at radius 2 is 2.16 bits per heavy atom. The Kier molecular flexibility index (Phi) is 4.85. The Morgan fingerprint density at radius 1 is 1.53 bits per heavy atom. The van der Waals surface area contributed by atoms with Crippen molar-refractivity contribution in [2.45, 2.75) is 10.9 Å². The van der Waals surface area contributed by atoms with E-state index in [1.807, 2.05) is 0 Å². The third kappa shape index (κ3) is 3.65.